The number of benzene rings is 1. The first-order valence-corrected chi connectivity index (χ1v) is 13.7. The van der Waals surface area contributed by atoms with Crippen LogP contribution in [0.4, 0.5) is 5.69 Å². The average Bonchev–Trinajstić information content (AvgIpc) is 3.61. The van der Waals surface area contributed by atoms with Gasteiger partial charge in [0.15, 0.2) is 0 Å². The number of furan rings is 1. The Labute approximate surface area is 206 Å². The van der Waals surface area contributed by atoms with Crippen molar-refractivity contribution in [3.8, 4) is 0 Å². The van der Waals surface area contributed by atoms with Crippen molar-refractivity contribution < 1.29 is 22.4 Å². The zero-order valence-electron chi connectivity index (χ0n) is 19.7. The van der Waals surface area contributed by atoms with Gasteiger partial charge >= 0.3 is 0 Å². The lowest BCUT2D eigenvalue weighted by Gasteiger charge is -2.30. The minimum Gasteiger partial charge on any atom is -0.447 e. The van der Waals surface area contributed by atoms with Crippen LogP contribution in [0, 0.1) is 5.92 Å². The Morgan fingerprint density at radius 3 is 2.43 bits per heavy atom. The molecular formula is C24H33N5O5S. The predicted molar refractivity (Wildman–Crippen MR) is 130 cm³/mol. The van der Waals surface area contributed by atoms with E-state index in [2.05, 4.69) is 33.2 Å². The number of nitrogens with one attached hydrogen (secondary N) is 3. The molecule has 0 spiro atoms. The van der Waals surface area contributed by atoms with Gasteiger partial charge in [-0.2, -0.15) is 4.31 Å². The highest BCUT2D eigenvalue weighted by atomic mass is 32.2. The van der Waals surface area contributed by atoms with Gasteiger partial charge in [0.05, 0.1) is 19.3 Å². The van der Waals surface area contributed by atoms with E-state index in [4.69, 9.17) is 9.15 Å². The highest BCUT2D eigenvalue weighted by Crippen LogP contribution is 2.28. The number of rotatable bonds is 7. The van der Waals surface area contributed by atoms with Gasteiger partial charge < -0.3 is 19.4 Å². The third-order valence-electron chi connectivity index (χ3n) is 6.98. The number of ether oxygens (including phenoxy) is 1. The smallest absolute Gasteiger partial charge is 0.276 e. The van der Waals surface area contributed by atoms with Crippen molar-refractivity contribution >= 4 is 21.6 Å². The zero-order chi connectivity index (χ0) is 24.3. The number of nitrogens with zero attached hydrogens (tertiary/aromatic N) is 2. The van der Waals surface area contributed by atoms with Crippen LogP contribution in [0.3, 0.4) is 0 Å². The third-order valence-corrected chi connectivity index (χ3v) is 8.75. The summed E-state index contributed by atoms with van der Waals surface area (Å²) in [4.78, 5) is 15.0. The molecule has 1 unspecified atom stereocenters. The second-order valence-electron chi connectivity index (χ2n) is 9.23. The summed E-state index contributed by atoms with van der Waals surface area (Å²) in [6.45, 7) is 5.14. The van der Waals surface area contributed by atoms with Crippen LogP contribution in [-0.4, -0.2) is 64.6 Å². The molecule has 11 heteroatoms. The topological polar surface area (TPSA) is 116 Å². The van der Waals surface area contributed by atoms with Gasteiger partial charge in [-0.05, 0) is 49.1 Å². The van der Waals surface area contributed by atoms with Crippen LogP contribution in [0.5, 0.6) is 0 Å². The van der Waals surface area contributed by atoms with E-state index in [1.165, 1.54) is 10.4 Å². The van der Waals surface area contributed by atoms with Gasteiger partial charge in [-0.1, -0.05) is 12.1 Å². The van der Waals surface area contributed by atoms with Gasteiger partial charge in [0, 0.05) is 50.9 Å². The highest BCUT2D eigenvalue weighted by molar-refractivity contribution is 7.89. The summed E-state index contributed by atoms with van der Waals surface area (Å²) >= 11 is 0. The molecule has 3 aliphatic heterocycles. The SMILES string of the molecule is O=C(NCc1ccc(N2CCOCC2)cc1)C1CCN(S(=O)(=O)c2ccc(C3CCNN3)o2)CC1. The van der Waals surface area contributed by atoms with Crippen molar-refractivity contribution in [3.05, 3.63) is 47.7 Å². The normalized spacial score (nSPS) is 22.4. The lowest BCUT2D eigenvalue weighted by Crippen LogP contribution is -2.42. The number of carbonyl (C=O) groups is 1. The molecule has 35 heavy (non-hydrogen) atoms. The fourth-order valence-corrected chi connectivity index (χ4v) is 6.21. The number of amides is 1. The molecule has 1 aromatic heterocycles. The maximum Gasteiger partial charge on any atom is 0.276 e. The average molecular weight is 504 g/mol. The third kappa shape index (κ3) is 5.54. The molecule has 0 saturated carbocycles. The molecule has 3 fully saturated rings. The molecule has 1 amide bonds. The Kier molecular flexibility index (Phi) is 7.40. The Morgan fingerprint density at radius 2 is 1.74 bits per heavy atom. The van der Waals surface area contributed by atoms with Crippen LogP contribution < -0.4 is 21.1 Å². The summed E-state index contributed by atoms with van der Waals surface area (Å²) in [5.41, 5.74) is 8.30. The monoisotopic (exact) mass is 503 g/mol. The van der Waals surface area contributed by atoms with Gasteiger partial charge in [0.1, 0.15) is 5.76 Å². The molecule has 1 aromatic carbocycles. The summed E-state index contributed by atoms with van der Waals surface area (Å²) < 4.78 is 38.6. The van der Waals surface area contributed by atoms with Crippen molar-refractivity contribution in [2.24, 2.45) is 5.92 Å². The molecule has 5 rings (SSSR count). The van der Waals surface area contributed by atoms with Gasteiger partial charge in [-0.25, -0.2) is 13.8 Å². The summed E-state index contributed by atoms with van der Waals surface area (Å²) in [5.74, 6) is 0.384. The maximum absolute atomic E-state index is 13.0. The summed E-state index contributed by atoms with van der Waals surface area (Å²) in [5, 5.41) is 2.98. The molecule has 0 radical (unpaired) electrons. The molecule has 0 aliphatic carbocycles. The number of hydrogen-bond donors (Lipinski definition) is 3. The second kappa shape index (κ2) is 10.7. The Hall–Kier alpha value is -2.44. The van der Waals surface area contributed by atoms with Crippen molar-refractivity contribution in [1.82, 2.24) is 20.5 Å². The molecular weight excluding hydrogens is 470 g/mol. The fourth-order valence-electron chi connectivity index (χ4n) is 4.82. The first-order chi connectivity index (χ1) is 17.0. The highest BCUT2D eigenvalue weighted by Gasteiger charge is 2.34. The van der Waals surface area contributed by atoms with Crippen molar-refractivity contribution in [1.29, 1.82) is 0 Å². The lowest BCUT2D eigenvalue weighted by atomic mass is 9.97. The minimum absolute atomic E-state index is 0.0241. The van der Waals surface area contributed by atoms with Gasteiger partial charge in [-0.15, -0.1) is 0 Å². The number of anilines is 1. The predicted octanol–water partition coefficient (Wildman–Crippen LogP) is 1.37. The number of sulfonamides is 1. The van der Waals surface area contributed by atoms with E-state index in [0.717, 1.165) is 50.5 Å². The molecule has 4 heterocycles. The van der Waals surface area contributed by atoms with Crippen molar-refractivity contribution in [3.63, 3.8) is 0 Å². The van der Waals surface area contributed by atoms with Gasteiger partial charge in [-0.3, -0.25) is 10.2 Å². The Balaban J connectivity index is 1.10. The lowest BCUT2D eigenvalue weighted by molar-refractivity contribution is -0.126. The second-order valence-corrected chi connectivity index (χ2v) is 11.1. The molecule has 190 valence electrons. The van der Waals surface area contributed by atoms with E-state index in [1.54, 1.807) is 6.07 Å². The van der Waals surface area contributed by atoms with E-state index < -0.39 is 10.0 Å². The summed E-state index contributed by atoms with van der Waals surface area (Å²) in [6, 6.07) is 11.4. The maximum atomic E-state index is 13.0. The molecule has 3 N–H and O–H groups in total. The van der Waals surface area contributed by atoms with E-state index in [0.29, 0.717) is 38.2 Å². The number of hydrazine groups is 1. The molecule has 3 saturated heterocycles. The molecule has 10 nitrogen and oxygen atoms in total. The zero-order valence-corrected chi connectivity index (χ0v) is 20.6. The number of piperidine rings is 1. The Bertz CT molecular complexity index is 1100. The number of morpholine rings is 1. The van der Waals surface area contributed by atoms with E-state index in [1.807, 2.05) is 12.1 Å². The quantitative estimate of drug-likeness (QED) is 0.519. The van der Waals surface area contributed by atoms with E-state index >= 15 is 0 Å². The van der Waals surface area contributed by atoms with E-state index in [-0.39, 0.29) is 23.0 Å². The van der Waals surface area contributed by atoms with Gasteiger partial charge in [0.25, 0.3) is 10.0 Å². The minimum atomic E-state index is -3.71. The van der Waals surface area contributed by atoms with E-state index in [9.17, 15) is 13.2 Å². The fraction of sp³-hybridized carbons (Fsp3) is 0.542. The first-order valence-electron chi connectivity index (χ1n) is 12.3. The van der Waals surface area contributed by atoms with Crippen LogP contribution in [-0.2, 0) is 26.1 Å². The summed E-state index contributed by atoms with van der Waals surface area (Å²) in [6.07, 6.45) is 1.82. The Morgan fingerprint density at radius 1 is 1.00 bits per heavy atom. The van der Waals surface area contributed by atoms with Crippen LogP contribution in [0.1, 0.15) is 36.6 Å². The van der Waals surface area contributed by atoms with Crippen LogP contribution in [0.25, 0.3) is 0 Å². The number of carbonyl (C=O) groups excluding carboxylic acids is 1. The molecule has 0 bridgehead atoms. The van der Waals surface area contributed by atoms with Crippen LogP contribution in [0.2, 0.25) is 0 Å². The summed E-state index contributed by atoms with van der Waals surface area (Å²) in [7, 11) is -3.71. The van der Waals surface area contributed by atoms with Crippen molar-refractivity contribution in [2.75, 3.05) is 50.8 Å². The molecule has 2 aromatic rings. The van der Waals surface area contributed by atoms with Gasteiger partial charge in [0.2, 0.25) is 11.0 Å². The van der Waals surface area contributed by atoms with Crippen molar-refractivity contribution in [2.45, 2.75) is 36.9 Å². The largest absolute Gasteiger partial charge is 0.447 e. The standard InChI is InChI=1S/C24H33N5O5S/c30-24(25-17-18-1-3-20(4-2-18)28-13-15-33-16-14-28)19-8-11-29(12-9-19)35(31,32)23-6-5-22(34-23)21-7-10-26-27-21/h1-6,19,21,26-27H,7-17H2,(H,25,30). The molecule has 1 atom stereocenters. The first kappa shape index (κ1) is 24.3. The number of hydrogen-bond acceptors (Lipinski definition) is 8. The van der Waals surface area contributed by atoms with Crippen LogP contribution in [0.15, 0.2) is 45.9 Å². The molecule has 3 aliphatic rings. The van der Waals surface area contributed by atoms with Crippen LogP contribution >= 0.6 is 0 Å².